The van der Waals surface area contributed by atoms with Gasteiger partial charge in [-0.3, -0.25) is 5.32 Å². The molecule has 0 spiro atoms. The van der Waals surface area contributed by atoms with Gasteiger partial charge >= 0.3 is 18.2 Å². The van der Waals surface area contributed by atoms with Gasteiger partial charge in [0.1, 0.15) is 0 Å². The summed E-state index contributed by atoms with van der Waals surface area (Å²) in [5.74, 6) is -0.869. The first-order chi connectivity index (χ1) is 16.2. The Labute approximate surface area is 188 Å². The molecule has 0 radical (unpaired) electrons. The summed E-state index contributed by atoms with van der Waals surface area (Å²) in [6.45, 7) is 2.19. The zero-order valence-corrected chi connectivity index (χ0v) is 17.4. The van der Waals surface area contributed by atoms with Gasteiger partial charge in [0.2, 0.25) is 5.95 Å². The number of H-pyrrole nitrogens is 1. The van der Waals surface area contributed by atoms with Crippen LogP contribution in [0.25, 0.3) is 27.8 Å². The minimum Gasteiger partial charge on any atom is -0.421 e. The third-order valence-electron chi connectivity index (χ3n) is 4.99. The molecular formula is C21H16F4N6O3. The number of benzene rings is 2. The minimum atomic E-state index is -4.83. The van der Waals surface area contributed by atoms with Crippen molar-refractivity contribution in [2.75, 3.05) is 11.9 Å². The molecule has 34 heavy (non-hydrogen) atoms. The van der Waals surface area contributed by atoms with Gasteiger partial charge in [-0.25, -0.2) is 14.5 Å². The third kappa shape index (κ3) is 3.64. The lowest BCUT2D eigenvalue weighted by atomic mass is 10.0. The number of alkyl halides is 4. The molecule has 2 aromatic heterocycles. The number of fused-ring (bicyclic) bond motifs is 2. The number of rotatable bonds is 4. The summed E-state index contributed by atoms with van der Waals surface area (Å²) < 4.78 is 64.2. The zero-order valence-electron chi connectivity index (χ0n) is 17.4. The summed E-state index contributed by atoms with van der Waals surface area (Å²) in [6, 6.07) is 8.31. The lowest BCUT2D eigenvalue weighted by Gasteiger charge is -2.32. The number of aromatic nitrogens is 4. The van der Waals surface area contributed by atoms with E-state index >= 15 is 0 Å². The molecule has 0 saturated carbocycles. The van der Waals surface area contributed by atoms with Crippen molar-refractivity contribution >= 4 is 23.0 Å². The van der Waals surface area contributed by atoms with Crippen LogP contribution in [-0.4, -0.2) is 44.5 Å². The van der Waals surface area contributed by atoms with Gasteiger partial charge in [0.15, 0.2) is 11.5 Å². The largest absolute Gasteiger partial charge is 0.507 e. The lowest BCUT2D eigenvalue weighted by Crippen LogP contribution is -2.52. The summed E-state index contributed by atoms with van der Waals surface area (Å²) >= 11 is 0. The first-order valence-electron chi connectivity index (χ1n) is 10.0. The Morgan fingerprint density at radius 3 is 2.56 bits per heavy atom. The number of hydrogen-bond donors (Lipinski definition) is 3. The van der Waals surface area contributed by atoms with Crippen LogP contribution in [0.1, 0.15) is 6.92 Å². The number of urea groups is 1. The highest BCUT2D eigenvalue weighted by Gasteiger charge is 2.65. The average Bonchev–Trinajstić information content (AvgIpc) is 3.43. The maximum Gasteiger partial charge on any atom is 0.507 e. The number of hydrogen-bond acceptors (Lipinski definition) is 5. The second-order valence-electron chi connectivity index (χ2n) is 7.31. The molecule has 13 heteroatoms. The van der Waals surface area contributed by atoms with Crippen molar-refractivity contribution < 1.29 is 31.8 Å². The normalized spacial score (nSPS) is 15.8. The number of nitrogens with one attached hydrogen (secondary N) is 3. The molecule has 0 aliphatic carbocycles. The van der Waals surface area contributed by atoms with Gasteiger partial charge in [-0.1, -0.05) is 6.07 Å². The number of ether oxygens (including phenoxy) is 2. The summed E-state index contributed by atoms with van der Waals surface area (Å²) in [7, 11) is 0. The predicted molar refractivity (Wildman–Crippen MR) is 112 cm³/mol. The second-order valence-corrected chi connectivity index (χ2v) is 7.31. The van der Waals surface area contributed by atoms with Crippen molar-refractivity contribution in [2.45, 2.75) is 19.1 Å². The van der Waals surface area contributed by atoms with Gasteiger partial charge in [0, 0.05) is 18.9 Å². The number of anilines is 1. The maximum atomic E-state index is 13.7. The molecule has 2 amide bonds. The van der Waals surface area contributed by atoms with E-state index in [-0.39, 0.29) is 5.95 Å². The number of carbonyl (C=O) groups excluding carboxylic acids is 1. The van der Waals surface area contributed by atoms with Crippen LogP contribution in [0.15, 0.2) is 48.8 Å². The molecule has 0 bridgehead atoms. The van der Waals surface area contributed by atoms with E-state index in [1.165, 1.54) is 12.1 Å². The molecule has 4 aromatic rings. The van der Waals surface area contributed by atoms with E-state index in [9.17, 15) is 22.4 Å². The van der Waals surface area contributed by atoms with Crippen LogP contribution < -0.4 is 20.1 Å². The SMILES string of the molecule is CCNC(=O)Nc1nc2cc(-c3ccc4c(c3)OC(F)(F)C(F)(F)O4)cc(-n3cccn3)c2[nH]1. The maximum absolute atomic E-state index is 13.7. The highest BCUT2D eigenvalue weighted by Crippen LogP contribution is 2.48. The topological polar surface area (TPSA) is 106 Å². The fourth-order valence-corrected chi connectivity index (χ4v) is 3.47. The predicted octanol–water partition coefficient (Wildman–Crippen LogP) is 4.51. The van der Waals surface area contributed by atoms with E-state index in [1.54, 1.807) is 42.2 Å². The van der Waals surface area contributed by atoms with E-state index in [4.69, 9.17) is 0 Å². The van der Waals surface area contributed by atoms with Crippen LogP contribution in [-0.2, 0) is 0 Å². The molecule has 0 saturated heterocycles. The summed E-state index contributed by atoms with van der Waals surface area (Å²) in [5, 5.41) is 9.39. The van der Waals surface area contributed by atoms with Crippen molar-refractivity contribution in [3.8, 4) is 28.3 Å². The molecule has 5 rings (SSSR count). The van der Waals surface area contributed by atoms with E-state index in [1.807, 2.05) is 0 Å². The van der Waals surface area contributed by atoms with Gasteiger partial charge < -0.3 is 19.8 Å². The first kappa shape index (κ1) is 21.6. The van der Waals surface area contributed by atoms with Crippen molar-refractivity contribution in [3.63, 3.8) is 0 Å². The minimum absolute atomic E-state index is 0.176. The van der Waals surface area contributed by atoms with Crippen LogP contribution in [0.4, 0.5) is 28.3 Å². The Kier molecular flexibility index (Phi) is 4.84. The van der Waals surface area contributed by atoms with Gasteiger partial charge in [-0.15, -0.1) is 0 Å². The average molecular weight is 476 g/mol. The van der Waals surface area contributed by atoms with Crippen molar-refractivity contribution in [2.24, 2.45) is 0 Å². The van der Waals surface area contributed by atoms with Crippen LogP contribution in [0.2, 0.25) is 0 Å². The Balaban J connectivity index is 1.60. The second kappa shape index (κ2) is 7.64. The molecule has 176 valence electrons. The summed E-state index contributed by atoms with van der Waals surface area (Å²) in [4.78, 5) is 19.3. The number of halogens is 4. The summed E-state index contributed by atoms with van der Waals surface area (Å²) in [5.41, 5.74) is 2.39. The fourth-order valence-electron chi connectivity index (χ4n) is 3.47. The number of amides is 2. The van der Waals surface area contributed by atoms with Gasteiger partial charge in [0.05, 0.1) is 16.7 Å². The molecule has 3 N–H and O–H groups in total. The third-order valence-corrected chi connectivity index (χ3v) is 4.99. The highest BCUT2D eigenvalue weighted by molar-refractivity contribution is 5.94. The van der Waals surface area contributed by atoms with Crippen LogP contribution >= 0.6 is 0 Å². The molecule has 1 aliphatic rings. The van der Waals surface area contributed by atoms with Crippen molar-refractivity contribution in [3.05, 3.63) is 48.8 Å². The Morgan fingerprint density at radius 2 is 1.85 bits per heavy atom. The molecule has 1 aliphatic heterocycles. The Morgan fingerprint density at radius 1 is 1.09 bits per heavy atom. The van der Waals surface area contributed by atoms with Gasteiger partial charge in [0.25, 0.3) is 0 Å². The highest BCUT2D eigenvalue weighted by atomic mass is 19.3. The van der Waals surface area contributed by atoms with Gasteiger partial charge in [-0.05, 0) is 48.4 Å². The van der Waals surface area contributed by atoms with E-state index in [0.717, 1.165) is 6.07 Å². The molecule has 2 aromatic carbocycles. The standard InChI is InChI=1S/C21H16F4N6O3/c1-2-26-19(32)30-18-28-13-8-12(9-14(17(13)29-18)31-7-3-6-27-31)11-4-5-15-16(10-11)34-21(24,25)20(22,23)33-15/h3-10H,2H2,1H3,(H3,26,28,29,30,32). The van der Waals surface area contributed by atoms with E-state index < -0.39 is 29.7 Å². The Hall–Kier alpha value is -4.29. The Bertz CT molecular complexity index is 1390. The van der Waals surface area contributed by atoms with Crippen LogP contribution in [0.3, 0.4) is 0 Å². The molecule has 3 heterocycles. The lowest BCUT2D eigenvalue weighted by molar-refractivity contribution is -0.391. The molecule has 0 atom stereocenters. The first-order valence-corrected chi connectivity index (χ1v) is 10.0. The van der Waals surface area contributed by atoms with Crippen molar-refractivity contribution in [1.29, 1.82) is 0 Å². The van der Waals surface area contributed by atoms with E-state index in [2.05, 4.69) is 35.2 Å². The molecule has 9 nitrogen and oxygen atoms in total. The fraction of sp³-hybridized carbons (Fsp3) is 0.190. The van der Waals surface area contributed by atoms with Crippen LogP contribution in [0.5, 0.6) is 11.5 Å². The quantitative estimate of drug-likeness (QED) is 0.376. The number of nitrogens with zero attached hydrogens (tertiary/aromatic N) is 3. The summed E-state index contributed by atoms with van der Waals surface area (Å²) in [6.07, 6.45) is -6.38. The van der Waals surface area contributed by atoms with Gasteiger partial charge in [-0.2, -0.15) is 22.7 Å². The van der Waals surface area contributed by atoms with Crippen molar-refractivity contribution in [1.82, 2.24) is 25.1 Å². The number of carbonyl (C=O) groups is 1. The van der Waals surface area contributed by atoms with Crippen LogP contribution in [0, 0.1) is 0 Å². The molecular weight excluding hydrogens is 460 g/mol. The zero-order chi connectivity index (χ0) is 24.1. The van der Waals surface area contributed by atoms with E-state index in [0.29, 0.717) is 34.4 Å². The monoisotopic (exact) mass is 476 g/mol. The molecule has 0 unspecified atom stereocenters. The molecule has 0 fully saturated rings. The number of imidazole rings is 1. The number of aromatic amines is 1. The smallest absolute Gasteiger partial charge is 0.421 e.